The van der Waals surface area contributed by atoms with Crippen molar-refractivity contribution < 1.29 is 14.3 Å². The minimum Gasteiger partial charge on any atom is -0.375 e. The van der Waals surface area contributed by atoms with Gasteiger partial charge in [0, 0.05) is 12.7 Å². The Bertz CT molecular complexity index is 684. The molecule has 2 N–H and O–H groups in total. The van der Waals surface area contributed by atoms with Gasteiger partial charge in [0.05, 0.1) is 0 Å². The summed E-state index contributed by atoms with van der Waals surface area (Å²) >= 11 is 1.28. The third-order valence-corrected chi connectivity index (χ3v) is 3.89. The summed E-state index contributed by atoms with van der Waals surface area (Å²) in [6.45, 7) is 3.51. The number of anilines is 1. The number of nitrogens with zero attached hydrogens (tertiary/aromatic N) is 2. The highest BCUT2D eigenvalue weighted by atomic mass is 32.1. The number of hydrogen-bond acceptors (Lipinski definition) is 6. The van der Waals surface area contributed by atoms with Gasteiger partial charge in [-0.25, -0.2) is 0 Å². The minimum absolute atomic E-state index is 0.0893. The maximum Gasteiger partial charge on any atom is 0.248 e. The molecule has 0 saturated carbocycles. The second-order valence-electron chi connectivity index (χ2n) is 4.99. The number of carbonyl (C=O) groups is 2. The molecule has 1 unspecified atom stereocenters. The van der Waals surface area contributed by atoms with Crippen LogP contribution in [0.4, 0.5) is 5.13 Å². The SMILES string of the molecule is COCC(=O)NC(C)C(=O)Nc1nnc(-c2ccc(C)cc2)s1. The predicted molar refractivity (Wildman–Crippen MR) is 88.2 cm³/mol. The average molecular weight is 334 g/mol. The number of benzene rings is 1. The minimum atomic E-state index is -0.690. The van der Waals surface area contributed by atoms with Crippen LogP contribution in [0.1, 0.15) is 12.5 Å². The molecule has 0 bridgehead atoms. The summed E-state index contributed by atoms with van der Waals surface area (Å²) in [6.07, 6.45) is 0. The highest BCUT2D eigenvalue weighted by Gasteiger charge is 2.17. The summed E-state index contributed by atoms with van der Waals surface area (Å²) in [5.74, 6) is -0.714. The Morgan fingerprint density at radius 1 is 1.26 bits per heavy atom. The molecule has 1 heterocycles. The van der Waals surface area contributed by atoms with Crippen molar-refractivity contribution in [2.45, 2.75) is 19.9 Å². The molecular formula is C15H18N4O3S. The molecule has 0 aliphatic rings. The molecule has 1 aromatic carbocycles. The summed E-state index contributed by atoms with van der Waals surface area (Å²) < 4.78 is 4.70. The Kier molecular flexibility index (Phi) is 5.78. The van der Waals surface area contributed by atoms with Crippen LogP contribution in [-0.2, 0) is 14.3 Å². The summed E-state index contributed by atoms with van der Waals surface area (Å²) in [7, 11) is 1.41. The van der Waals surface area contributed by atoms with Gasteiger partial charge in [-0.3, -0.25) is 14.9 Å². The van der Waals surface area contributed by atoms with E-state index in [0.29, 0.717) is 5.13 Å². The van der Waals surface area contributed by atoms with E-state index in [0.717, 1.165) is 16.1 Å². The zero-order valence-corrected chi connectivity index (χ0v) is 13.9. The summed E-state index contributed by atoms with van der Waals surface area (Å²) in [5.41, 5.74) is 2.10. The van der Waals surface area contributed by atoms with Crippen molar-refractivity contribution in [2.75, 3.05) is 19.0 Å². The van der Waals surface area contributed by atoms with Gasteiger partial charge in [0.15, 0.2) is 0 Å². The first-order valence-electron chi connectivity index (χ1n) is 6.99. The van der Waals surface area contributed by atoms with Gasteiger partial charge in [-0.05, 0) is 13.8 Å². The maximum absolute atomic E-state index is 12.0. The molecule has 122 valence electrons. The first-order chi connectivity index (χ1) is 11.0. The molecule has 2 amide bonds. The van der Waals surface area contributed by atoms with Gasteiger partial charge in [-0.1, -0.05) is 41.2 Å². The Morgan fingerprint density at radius 2 is 1.96 bits per heavy atom. The number of hydrogen-bond donors (Lipinski definition) is 2. The number of amides is 2. The maximum atomic E-state index is 12.0. The van der Waals surface area contributed by atoms with Crippen LogP contribution in [-0.4, -0.2) is 41.8 Å². The number of ether oxygens (including phenoxy) is 1. The van der Waals surface area contributed by atoms with E-state index in [1.54, 1.807) is 6.92 Å². The molecule has 1 atom stereocenters. The van der Waals surface area contributed by atoms with Crippen LogP contribution in [0.2, 0.25) is 0 Å². The van der Waals surface area contributed by atoms with Gasteiger partial charge < -0.3 is 10.1 Å². The zero-order valence-electron chi connectivity index (χ0n) is 13.1. The van der Waals surface area contributed by atoms with Crippen LogP contribution >= 0.6 is 11.3 Å². The van der Waals surface area contributed by atoms with E-state index in [4.69, 9.17) is 4.74 Å². The smallest absolute Gasteiger partial charge is 0.248 e. The lowest BCUT2D eigenvalue weighted by Gasteiger charge is -2.12. The van der Waals surface area contributed by atoms with Gasteiger partial charge in [0.2, 0.25) is 16.9 Å². The molecular weight excluding hydrogens is 316 g/mol. The Hall–Kier alpha value is -2.32. The fourth-order valence-corrected chi connectivity index (χ4v) is 2.53. The van der Waals surface area contributed by atoms with E-state index in [1.807, 2.05) is 31.2 Å². The molecule has 0 saturated heterocycles. The Labute approximate surface area is 138 Å². The summed E-state index contributed by atoms with van der Waals surface area (Å²) in [4.78, 5) is 23.4. The number of nitrogens with one attached hydrogen (secondary N) is 2. The van der Waals surface area contributed by atoms with E-state index < -0.39 is 6.04 Å². The van der Waals surface area contributed by atoms with Crippen LogP contribution in [0.3, 0.4) is 0 Å². The second kappa shape index (κ2) is 7.80. The quantitative estimate of drug-likeness (QED) is 0.837. The lowest BCUT2D eigenvalue weighted by atomic mass is 10.2. The third kappa shape index (κ3) is 4.83. The predicted octanol–water partition coefficient (Wildman–Crippen LogP) is 1.60. The standard InChI is InChI=1S/C15H18N4O3S/c1-9-4-6-11(7-5-9)14-18-19-15(23-14)17-13(21)10(2)16-12(20)8-22-3/h4-7,10H,8H2,1-3H3,(H,16,20)(H,17,19,21). The van der Waals surface area contributed by atoms with Crippen LogP contribution in [0.5, 0.6) is 0 Å². The van der Waals surface area contributed by atoms with Gasteiger partial charge in [0.25, 0.3) is 0 Å². The van der Waals surface area contributed by atoms with E-state index in [-0.39, 0.29) is 18.4 Å². The molecule has 8 heteroatoms. The molecule has 1 aromatic heterocycles. The lowest BCUT2D eigenvalue weighted by molar-refractivity contribution is -0.128. The molecule has 0 aliphatic carbocycles. The monoisotopic (exact) mass is 334 g/mol. The van der Waals surface area contributed by atoms with Crippen molar-refractivity contribution >= 4 is 28.3 Å². The fourth-order valence-electron chi connectivity index (χ4n) is 1.78. The van der Waals surface area contributed by atoms with Crippen LogP contribution in [0.15, 0.2) is 24.3 Å². The molecule has 0 fully saturated rings. The van der Waals surface area contributed by atoms with Gasteiger partial charge in [-0.2, -0.15) is 0 Å². The molecule has 2 rings (SSSR count). The highest BCUT2D eigenvalue weighted by molar-refractivity contribution is 7.18. The fraction of sp³-hybridized carbons (Fsp3) is 0.333. The van der Waals surface area contributed by atoms with E-state index in [9.17, 15) is 9.59 Å². The van der Waals surface area contributed by atoms with Crippen molar-refractivity contribution in [2.24, 2.45) is 0 Å². The summed E-state index contributed by atoms with van der Waals surface area (Å²) in [6, 6.07) is 7.19. The zero-order chi connectivity index (χ0) is 16.8. The van der Waals surface area contributed by atoms with Crippen LogP contribution < -0.4 is 10.6 Å². The highest BCUT2D eigenvalue weighted by Crippen LogP contribution is 2.26. The molecule has 7 nitrogen and oxygen atoms in total. The molecule has 23 heavy (non-hydrogen) atoms. The number of rotatable bonds is 6. The number of aryl methyl sites for hydroxylation is 1. The number of aromatic nitrogens is 2. The van der Waals surface area contributed by atoms with E-state index in [2.05, 4.69) is 20.8 Å². The number of methoxy groups -OCH3 is 1. The van der Waals surface area contributed by atoms with Crippen molar-refractivity contribution in [3.05, 3.63) is 29.8 Å². The van der Waals surface area contributed by atoms with Crippen molar-refractivity contribution in [1.82, 2.24) is 15.5 Å². The lowest BCUT2D eigenvalue weighted by Crippen LogP contribution is -2.43. The third-order valence-electron chi connectivity index (χ3n) is 3.00. The number of carbonyl (C=O) groups excluding carboxylic acids is 2. The first-order valence-corrected chi connectivity index (χ1v) is 7.81. The Balaban J connectivity index is 1.97. The average Bonchev–Trinajstić information content (AvgIpc) is 2.96. The molecule has 0 radical (unpaired) electrons. The normalized spacial score (nSPS) is 11.8. The van der Waals surface area contributed by atoms with Gasteiger partial charge >= 0.3 is 0 Å². The Morgan fingerprint density at radius 3 is 2.61 bits per heavy atom. The molecule has 2 aromatic rings. The van der Waals surface area contributed by atoms with Crippen molar-refractivity contribution in [3.8, 4) is 10.6 Å². The molecule has 0 spiro atoms. The van der Waals surface area contributed by atoms with Gasteiger partial charge in [-0.15, -0.1) is 10.2 Å². The second-order valence-corrected chi connectivity index (χ2v) is 5.97. The van der Waals surface area contributed by atoms with Crippen LogP contribution in [0.25, 0.3) is 10.6 Å². The molecule has 0 aliphatic heterocycles. The van der Waals surface area contributed by atoms with Crippen molar-refractivity contribution in [3.63, 3.8) is 0 Å². The van der Waals surface area contributed by atoms with E-state index in [1.165, 1.54) is 18.4 Å². The van der Waals surface area contributed by atoms with Crippen molar-refractivity contribution in [1.29, 1.82) is 0 Å². The first kappa shape index (κ1) is 17.0. The van der Waals surface area contributed by atoms with Crippen LogP contribution in [0, 0.1) is 6.92 Å². The largest absolute Gasteiger partial charge is 0.375 e. The van der Waals surface area contributed by atoms with Gasteiger partial charge in [0.1, 0.15) is 17.7 Å². The topological polar surface area (TPSA) is 93.2 Å². The van der Waals surface area contributed by atoms with E-state index >= 15 is 0 Å². The summed E-state index contributed by atoms with van der Waals surface area (Å²) in [5, 5.41) is 14.3.